The van der Waals surface area contributed by atoms with Gasteiger partial charge < -0.3 is 15.2 Å². The van der Waals surface area contributed by atoms with Gasteiger partial charge in [-0.1, -0.05) is 0 Å². The largest absolute Gasteiger partial charge is 0.463 e. The third-order valence-electron chi connectivity index (χ3n) is 1.38. The lowest BCUT2D eigenvalue weighted by Gasteiger charge is -2.00. The second-order valence-corrected chi connectivity index (χ2v) is 2.43. The van der Waals surface area contributed by atoms with Crippen molar-refractivity contribution in [1.82, 2.24) is 0 Å². The van der Waals surface area contributed by atoms with Crippen molar-refractivity contribution < 1.29 is 19.1 Å². The van der Waals surface area contributed by atoms with Crippen molar-refractivity contribution in [3.63, 3.8) is 0 Å². The van der Waals surface area contributed by atoms with Crippen LogP contribution < -0.4 is 5.73 Å². The van der Waals surface area contributed by atoms with Gasteiger partial charge in [-0.25, -0.2) is 9.59 Å². The van der Waals surface area contributed by atoms with E-state index in [2.05, 4.69) is 4.74 Å². The summed E-state index contributed by atoms with van der Waals surface area (Å²) in [6.07, 6.45) is 3.46. The maximum absolute atomic E-state index is 11.2. The lowest BCUT2D eigenvalue weighted by atomic mass is 10.2. The van der Waals surface area contributed by atoms with E-state index in [1.807, 2.05) is 0 Å². The van der Waals surface area contributed by atoms with Crippen LogP contribution in [-0.2, 0) is 19.1 Å². The minimum atomic E-state index is -0.569. The van der Waals surface area contributed by atoms with Gasteiger partial charge in [-0.3, -0.25) is 0 Å². The number of esters is 2. The fourth-order valence-corrected chi connectivity index (χ4v) is 0.754. The quantitative estimate of drug-likeness (QED) is 0.409. The van der Waals surface area contributed by atoms with Crippen LogP contribution in [0, 0.1) is 0 Å². The molecule has 0 fully saturated rings. The van der Waals surface area contributed by atoms with Crippen molar-refractivity contribution in [3.05, 3.63) is 23.9 Å². The minimum absolute atomic E-state index is 0.116. The summed E-state index contributed by atoms with van der Waals surface area (Å²) in [7, 11) is 0. The predicted molar refractivity (Wildman–Crippen MR) is 54.7 cm³/mol. The van der Waals surface area contributed by atoms with Gasteiger partial charge in [0.2, 0.25) is 0 Å². The Hall–Kier alpha value is -1.78. The molecule has 0 aliphatic rings. The first-order valence-corrected chi connectivity index (χ1v) is 4.59. The molecule has 0 aromatic heterocycles. The Kier molecular flexibility index (Phi) is 6.70. The molecular weight excluding hydrogens is 198 g/mol. The molecule has 0 saturated heterocycles. The summed E-state index contributed by atoms with van der Waals surface area (Å²) in [6.45, 7) is 3.91. The standard InChI is InChI=1S/C10H15NO4/c1-3-14-9(12)6-5-8(7-11)10(13)15-4-2/h5-7H,3-4,11H2,1-2H3. The Balaban J connectivity index is 4.34. The van der Waals surface area contributed by atoms with Gasteiger partial charge in [-0.2, -0.15) is 0 Å². The van der Waals surface area contributed by atoms with Gasteiger partial charge in [-0.05, 0) is 19.9 Å². The monoisotopic (exact) mass is 213 g/mol. The maximum atomic E-state index is 11.2. The van der Waals surface area contributed by atoms with Crippen LogP contribution in [0.1, 0.15) is 13.8 Å². The summed E-state index contributed by atoms with van der Waals surface area (Å²) in [6, 6.07) is 0. The summed E-state index contributed by atoms with van der Waals surface area (Å²) in [5.74, 6) is -1.10. The molecule has 15 heavy (non-hydrogen) atoms. The van der Waals surface area contributed by atoms with E-state index in [-0.39, 0.29) is 18.8 Å². The lowest BCUT2D eigenvalue weighted by molar-refractivity contribution is -0.138. The summed E-state index contributed by atoms with van der Waals surface area (Å²) < 4.78 is 9.33. The molecule has 0 aliphatic carbocycles. The minimum Gasteiger partial charge on any atom is -0.463 e. The van der Waals surface area contributed by atoms with E-state index in [0.717, 1.165) is 12.3 Å². The molecule has 0 heterocycles. The van der Waals surface area contributed by atoms with Crippen LogP contribution in [-0.4, -0.2) is 25.2 Å². The van der Waals surface area contributed by atoms with Crippen molar-refractivity contribution in [2.24, 2.45) is 5.73 Å². The number of ether oxygens (including phenoxy) is 2. The summed E-state index contributed by atoms with van der Waals surface area (Å²) in [4.78, 5) is 22.1. The molecular formula is C10H15NO4. The van der Waals surface area contributed by atoms with Gasteiger partial charge >= 0.3 is 11.9 Å². The van der Waals surface area contributed by atoms with Crippen LogP contribution in [0.5, 0.6) is 0 Å². The number of hydrogen-bond donors (Lipinski definition) is 1. The lowest BCUT2D eigenvalue weighted by Crippen LogP contribution is -2.08. The number of carbonyl (C=O) groups excluding carboxylic acids is 2. The molecule has 0 rings (SSSR count). The van der Waals surface area contributed by atoms with Crippen molar-refractivity contribution in [2.45, 2.75) is 13.8 Å². The molecule has 0 aliphatic heterocycles. The fraction of sp³-hybridized carbons (Fsp3) is 0.400. The van der Waals surface area contributed by atoms with Crippen LogP contribution >= 0.6 is 0 Å². The second kappa shape index (κ2) is 7.61. The Morgan fingerprint density at radius 1 is 1.13 bits per heavy atom. The molecule has 2 N–H and O–H groups in total. The molecule has 0 aromatic rings. The van der Waals surface area contributed by atoms with Crippen molar-refractivity contribution in [1.29, 1.82) is 0 Å². The third kappa shape index (κ3) is 5.51. The molecule has 0 unspecified atom stereocenters. The summed E-state index contributed by atoms with van der Waals surface area (Å²) >= 11 is 0. The number of hydrogen-bond acceptors (Lipinski definition) is 5. The van der Waals surface area contributed by atoms with Gasteiger partial charge in [-0.15, -0.1) is 0 Å². The fourth-order valence-electron chi connectivity index (χ4n) is 0.754. The highest BCUT2D eigenvalue weighted by Crippen LogP contribution is 1.99. The van der Waals surface area contributed by atoms with E-state index in [1.54, 1.807) is 13.8 Å². The van der Waals surface area contributed by atoms with E-state index in [4.69, 9.17) is 10.5 Å². The van der Waals surface area contributed by atoms with Crippen molar-refractivity contribution >= 4 is 11.9 Å². The Morgan fingerprint density at radius 3 is 2.20 bits per heavy atom. The average Bonchev–Trinajstić information content (AvgIpc) is 2.19. The topological polar surface area (TPSA) is 78.6 Å². The molecule has 0 bridgehead atoms. The smallest absolute Gasteiger partial charge is 0.339 e. The predicted octanol–water partition coefficient (Wildman–Crippen LogP) is 0.511. The van der Waals surface area contributed by atoms with Crippen LogP contribution in [0.15, 0.2) is 23.9 Å². The van der Waals surface area contributed by atoms with E-state index in [1.165, 1.54) is 6.08 Å². The molecule has 0 atom stereocenters. The van der Waals surface area contributed by atoms with Gasteiger partial charge in [0.1, 0.15) is 0 Å². The summed E-state index contributed by atoms with van der Waals surface area (Å²) in [5.41, 5.74) is 5.31. The molecule has 84 valence electrons. The summed E-state index contributed by atoms with van der Waals surface area (Å²) in [5, 5.41) is 0. The molecule has 0 aromatic carbocycles. The van der Waals surface area contributed by atoms with E-state index < -0.39 is 11.9 Å². The zero-order valence-corrected chi connectivity index (χ0v) is 8.86. The number of carbonyl (C=O) groups is 2. The highest BCUT2D eigenvalue weighted by atomic mass is 16.5. The van der Waals surface area contributed by atoms with Gasteiger partial charge in [0, 0.05) is 12.3 Å². The van der Waals surface area contributed by atoms with Crippen molar-refractivity contribution in [2.75, 3.05) is 13.2 Å². The molecule has 5 nitrogen and oxygen atoms in total. The highest BCUT2D eigenvalue weighted by molar-refractivity contribution is 5.93. The Morgan fingerprint density at radius 2 is 1.73 bits per heavy atom. The molecule has 0 radical (unpaired) electrons. The van der Waals surface area contributed by atoms with Gasteiger partial charge in [0.15, 0.2) is 0 Å². The van der Waals surface area contributed by atoms with Gasteiger partial charge in [0.25, 0.3) is 0 Å². The first-order valence-electron chi connectivity index (χ1n) is 4.59. The second-order valence-electron chi connectivity index (χ2n) is 2.43. The Bertz CT molecular complexity index is 281. The highest BCUT2D eigenvalue weighted by Gasteiger charge is 2.06. The average molecular weight is 213 g/mol. The van der Waals surface area contributed by atoms with Crippen LogP contribution in [0.2, 0.25) is 0 Å². The third-order valence-corrected chi connectivity index (χ3v) is 1.38. The molecule has 0 saturated carbocycles. The van der Waals surface area contributed by atoms with Crippen molar-refractivity contribution in [3.8, 4) is 0 Å². The van der Waals surface area contributed by atoms with E-state index >= 15 is 0 Å². The zero-order chi connectivity index (χ0) is 11.7. The Labute approximate surface area is 88.5 Å². The number of rotatable bonds is 5. The first-order chi connectivity index (χ1) is 7.15. The molecule has 5 heteroatoms. The normalized spacial score (nSPS) is 11.5. The first kappa shape index (κ1) is 13.2. The molecule has 0 spiro atoms. The van der Waals surface area contributed by atoms with Crippen LogP contribution in [0.4, 0.5) is 0 Å². The van der Waals surface area contributed by atoms with Gasteiger partial charge in [0.05, 0.1) is 18.8 Å². The SMILES string of the molecule is CCOC(=O)C=CC(=CN)C(=O)OCC. The molecule has 0 amide bonds. The zero-order valence-electron chi connectivity index (χ0n) is 8.86. The van der Waals surface area contributed by atoms with Crippen LogP contribution in [0.25, 0.3) is 0 Å². The van der Waals surface area contributed by atoms with Crippen LogP contribution in [0.3, 0.4) is 0 Å². The maximum Gasteiger partial charge on any atom is 0.339 e. The number of nitrogens with two attached hydrogens (primary N) is 1. The van der Waals surface area contributed by atoms with E-state index in [0.29, 0.717) is 0 Å². The van der Waals surface area contributed by atoms with E-state index in [9.17, 15) is 9.59 Å².